The Morgan fingerprint density at radius 2 is 1.94 bits per heavy atom. The lowest BCUT2D eigenvalue weighted by Crippen LogP contribution is -2.11. The number of rotatable bonds is 2. The summed E-state index contributed by atoms with van der Waals surface area (Å²) in [7, 11) is 1.86. The first-order valence-electron chi connectivity index (χ1n) is 5.41. The zero-order valence-electron chi connectivity index (χ0n) is 9.92. The van der Waals surface area contributed by atoms with E-state index in [1.807, 2.05) is 37.6 Å². The van der Waals surface area contributed by atoms with Gasteiger partial charge in [-0.15, -0.1) is 0 Å². The fourth-order valence-electron chi connectivity index (χ4n) is 1.88. The van der Waals surface area contributed by atoms with Crippen molar-refractivity contribution in [3.63, 3.8) is 0 Å². The number of aromatic nitrogens is 1. The van der Waals surface area contributed by atoms with E-state index < -0.39 is 0 Å². The van der Waals surface area contributed by atoms with E-state index in [4.69, 9.17) is 23.2 Å². The van der Waals surface area contributed by atoms with Gasteiger partial charge in [0.1, 0.15) is 0 Å². The van der Waals surface area contributed by atoms with Gasteiger partial charge in [-0.25, -0.2) is 0 Å². The predicted octanol–water partition coefficient (Wildman–Crippen LogP) is 4.32. The molecule has 2 nitrogen and oxygen atoms in total. The van der Waals surface area contributed by atoms with Crippen molar-refractivity contribution in [1.29, 1.82) is 0 Å². The van der Waals surface area contributed by atoms with E-state index >= 15 is 0 Å². The molecule has 0 aliphatic rings. The van der Waals surface area contributed by atoms with Gasteiger partial charge in [-0.05, 0) is 18.2 Å². The van der Waals surface area contributed by atoms with Crippen molar-refractivity contribution in [3.05, 3.63) is 33.9 Å². The highest BCUT2D eigenvalue weighted by atomic mass is 35.5. The standard InChI is InChI=1S/C13H13Cl2NO/c1-7(2)13(17)11-6-8-10(16(11)3)5-4-9(14)12(8)15/h4-7H,1-3H3. The van der Waals surface area contributed by atoms with Gasteiger partial charge >= 0.3 is 0 Å². The van der Waals surface area contributed by atoms with Crippen LogP contribution in [-0.2, 0) is 7.05 Å². The van der Waals surface area contributed by atoms with Gasteiger partial charge in [0.05, 0.1) is 15.7 Å². The van der Waals surface area contributed by atoms with E-state index in [0.717, 1.165) is 10.9 Å². The molecule has 17 heavy (non-hydrogen) atoms. The van der Waals surface area contributed by atoms with Crippen molar-refractivity contribution in [2.75, 3.05) is 0 Å². The molecule has 0 unspecified atom stereocenters. The minimum absolute atomic E-state index is 0.0349. The number of carbonyl (C=O) groups excluding carboxylic acids is 1. The Labute approximate surface area is 110 Å². The van der Waals surface area contributed by atoms with Gasteiger partial charge < -0.3 is 4.57 Å². The molecule has 1 aromatic carbocycles. The van der Waals surface area contributed by atoms with Gasteiger partial charge in [0.2, 0.25) is 0 Å². The van der Waals surface area contributed by atoms with Crippen LogP contribution in [0.3, 0.4) is 0 Å². The van der Waals surface area contributed by atoms with Gasteiger partial charge in [0, 0.05) is 23.9 Å². The number of benzene rings is 1. The zero-order valence-corrected chi connectivity index (χ0v) is 11.4. The lowest BCUT2D eigenvalue weighted by atomic mass is 10.1. The highest BCUT2D eigenvalue weighted by Gasteiger charge is 2.18. The van der Waals surface area contributed by atoms with Crippen LogP contribution in [0.15, 0.2) is 18.2 Å². The number of nitrogens with zero attached hydrogens (tertiary/aromatic N) is 1. The topological polar surface area (TPSA) is 22.0 Å². The first kappa shape index (κ1) is 12.5. The number of hydrogen-bond acceptors (Lipinski definition) is 1. The first-order chi connectivity index (χ1) is 7.93. The summed E-state index contributed by atoms with van der Waals surface area (Å²) in [5.74, 6) is 0.0724. The molecule has 0 radical (unpaired) electrons. The Hall–Kier alpha value is -0.990. The second-order valence-corrected chi connectivity index (χ2v) is 5.19. The van der Waals surface area contributed by atoms with Crippen LogP contribution in [0.25, 0.3) is 10.9 Å². The van der Waals surface area contributed by atoms with E-state index in [0.29, 0.717) is 15.7 Å². The maximum atomic E-state index is 12.0. The average Bonchev–Trinajstić information content (AvgIpc) is 2.61. The maximum Gasteiger partial charge on any atom is 0.181 e. The van der Waals surface area contributed by atoms with Crippen LogP contribution in [-0.4, -0.2) is 10.4 Å². The summed E-state index contributed by atoms with van der Waals surface area (Å²) >= 11 is 12.1. The molecule has 2 aromatic rings. The van der Waals surface area contributed by atoms with Crippen molar-refractivity contribution in [1.82, 2.24) is 4.57 Å². The largest absolute Gasteiger partial charge is 0.341 e. The number of ketones is 1. The maximum absolute atomic E-state index is 12.0. The third-order valence-electron chi connectivity index (χ3n) is 2.89. The molecule has 1 aromatic heterocycles. The summed E-state index contributed by atoms with van der Waals surface area (Å²) in [6.07, 6.45) is 0. The van der Waals surface area contributed by atoms with Crippen molar-refractivity contribution in [2.45, 2.75) is 13.8 Å². The van der Waals surface area contributed by atoms with Crippen molar-refractivity contribution in [2.24, 2.45) is 13.0 Å². The molecule has 4 heteroatoms. The Kier molecular flexibility index (Phi) is 3.19. The van der Waals surface area contributed by atoms with Gasteiger partial charge in [0.15, 0.2) is 5.78 Å². The summed E-state index contributed by atoms with van der Waals surface area (Å²) in [5, 5.41) is 1.83. The van der Waals surface area contributed by atoms with Crippen LogP contribution in [0.4, 0.5) is 0 Å². The number of aryl methyl sites for hydroxylation is 1. The Morgan fingerprint density at radius 3 is 2.53 bits per heavy atom. The Balaban J connectivity index is 2.73. The SMILES string of the molecule is CC(C)C(=O)c1cc2c(Cl)c(Cl)ccc2n1C. The van der Waals surface area contributed by atoms with E-state index in [2.05, 4.69) is 0 Å². The van der Waals surface area contributed by atoms with Crippen molar-refractivity contribution in [3.8, 4) is 0 Å². The smallest absolute Gasteiger partial charge is 0.181 e. The number of fused-ring (bicyclic) bond motifs is 1. The minimum atomic E-state index is -0.0349. The lowest BCUT2D eigenvalue weighted by Gasteiger charge is -2.05. The molecule has 0 N–H and O–H groups in total. The number of halogens is 2. The zero-order chi connectivity index (χ0) is 12.7. The van der Waals surface area contributed by atoms with E-state index in [1.165, 1.54) is 0 Å². The second-order valence-electron chi connectivity index (χ2n) is 4.40. The van der Waals surface area contributed by atoms with E-state index in [1.54, 1.807) is 6.07 Å². The molecule has 0 saturated heterocycles. The minimum Gasteiger partial charge on any atom is -0.341 e. The molecule has 2 rings (SSSR count). The molecule has 0 bridgehead atoms. The predicted molar refractivity (Wildman–Crippen MR) is 72.1 cm³/mol. The van der Waals surface area contributed by atoms with Crippen LogP contribution in [0, 0.1) is 5.92 Å². The van der Waals surface area contributed by atoms with Crippen molar-refractivity contribution < 1.29 is 4.79 Å². The Bertz CT molecular complexity index is 599. The van der Waals surface area contributed by atoms with Crippen LogP contribution in [0.2, 0.25) is 10.0 Å². The third kappa shape index (κ3) is 1.96. The molecule has 0 atom stereocenters. The second kappa shape index (κ2) is 4.35. The molecular formula is C13H13Cl2NO. The van der Waals surface area contributed by atoms with Crippen LogP contribution >= 0.6 is 23.2 Å². The molecule has 1 heterocycles. The van der Waals surface area contributed by atoms with Crippen LogP contribution in [0.1, 0.15) is 24.3 Å². The average molecular weight is 270 g/mol. The molecule has 0 saturated carbocycles. The molecule has 0 aliphatic heterocycles. The van der Waals surface area contributed by atoms with Gasteiger partial charge in [-0.3, -0.25) is 4.79 Å². The molecule has 0 spiro atoms. The highest BCUT2D eigenvalue weighted by molar-refractivity contribution is 6.45. The molecule has 0 amide bonds. The molecule has 90 valence electrons. The highest BCUT2D eigenvalue weighted by Crippen LogP contribution is 2.32. The first-order valence-corrected chi connectivity index (χ1v) is 6.16. The number of carbonyl (C=O) groups is 1. The normalized spacial score (nSPS) is 11.4. The fraction of sp³-hybridized carbons (Fsp3) is 0.308. The fourth-order valence-corrected chi connectivity index (χ4v) is 2.26. The summed E-state index contributed by atoms with van der Waals surface area (Å²) in [5.41, 5.74) is 1.59. The van der Waals surface area contributed by atoms with E-state index in [9.17, 15) is 4.79 Å². The van der Waals surface area contributed by atoms with Crippen LogP contribution in [0.5, 0.6) is 0 Å². The lowest BCUT2D eigenvalue weighted by molar-refractivity contribution is 0.0931. The van der Waals surface area contributed by atoms with Gasteiger partial charge in [0.25, 0.3) is 0 Å². The van der Waals surface area contributed by atoms with Gasteiger partial charge in [-0.1, -0.05) is 37.0 Å². The Morgan fingerprint density at radius 1 is 1.29 bits per heavy atom. The van der Waals surface area contributed by atoms with Crippen molar-refractivity contribution >= 4 is 39.9 Å². The summed E-state index contributed by atoms with van der Waals surface area (Å²) in [6, 6.07) is 5.43. The quantitative estimate of drug-likeness (QED) is 0.745. The monoisotopic (exact) mass is 269 g/mol. The summed E-state index contributed by atoms with van der Waals surface area (Å²) < 4.78 is 1.86. The summed E-state index contributed by atoms with van der Waals surface area (Å²) in [4.78, 5) is 12.0. The third-order valence-corrected chi connectivity index (χ3v) is 3.71. The number of Topliss-reactive ketones (excluding diaryl/α,β-unsaturated/α-hetero) is 1. The van der Waals surface area contributed by atoms with Crippen LogP contribution < -0.4 is 0 Å². The number of hydrogen-bond donors (Lipinski definition) is 0. The molecule has 0 aliphatic carbocycles. The molecule has 0 fully saturated rings. The van der Waals surface area contributed by atoms with E-state index in [-0.39, 0.29) is 11.7 Å². The summed E-state index contributed by atoms with van der Waals surface area (Å²) in [6.45, 7) is 3.77. The molecular weight excluding hydrogens is 257 g/mol. The van der Waals surface area contributed by atoms with Gasteiger partial charge in [-0.2, -0.15) is 0 Å².